The normalized spacial score (nSPS) is 11.3. The van der Waals surface area contributed by atoms with Gasteiger partial charge in [-0.25, -0.2) is 9.37 Å². The summed E-state index contributed by atoms with van der Waals surface area (Å²) in [5, 5.41) is 0.646. The van der Waals surface area contributed by atoms with Gasteiger partial charge in [-0.3, -0.25) is 4.57 Å². The number of benzene rings is 2. The van der Waals surface area contributed by atoms with Crippen LogP contribution >= 0.6 is 39.1 Å². The molecule has 2 nitrogen and oxygen atoms in total. The highest BCUT2D eigenvalue weighted by molar-refractivity contribution is 9.10. The fraction of sp³-hybridized carbons (Fsp3) is 0.133. The molecule has 108 valence electrons. The standard InChI is InChI=1S/C15H10BrCl2FN2/c1-8-2-3-9(4-11(8)18)21-14-6-12(19)10(16)5-13(14)20-15(21)7-17/h2-6H,7H2,1H3. The van der Waals surface area contributed by atoms with E-state index < -0.39 is 0 Å². The van der Waals surface area contributed by atoms with Gasteiger partial charge in [-0.1, -0.05) is 17.7 Å². The third kappa shape index (κ3) is 2.56. The third-order valence-electron chi connectivity index (χ3n) is 3.30. The maximum atomic E-state index is 13.9. The van der Waals surface area contributed by atoms with Crippen LogP contribution in [0, 0.1) is 12.7 Å². The first kappa shape index (κ1) is 14.8. The molecule has 1 aromatic heterocycles. The molecule has 0 unspecified atom stereocenters. The summed E-state index contributed by atoms with van der Waals surface area (Å²) in [6.45, 7) is 1.93. The molecule has 21 heavy (non-hydrogen) atoms. The Bertz CT molecular complexity index is 845. The van der Waals surface area contributed by atoms with Crippen molar-refractivity contribution in [3.8, 4) is 5.69 Å². The molecular formula is C15H10BrCl2FN2. The Kier molecular flexibility index (Phi) is 3.95. The van der Waals surface area contributed by atoms with Gasteiger partial charge in [-0.15, -0.1) is 11.6 Å². The summed E-state index contributed by atoms with van der Waals surface area (Å²) >= 11 is 15.3. The lowest BCUT2D eigenvalue weighted by atomic mass is 10.2. The van der Waals surface area contributed by atoms with E-state index in [2.05, 4.69) is 20.9 Å². The van der Waals surface area contributed by atoms with Gasteiger partial charge in [0.25, 0.3) is 0 Å². The number of imidazole rings is 1. The van der Waals surface area contributed by atoms with Gasteiger partial charge < -0.3 is 0 Å². The zero-order chi connectivity index (χ0) is 15.1. The second-order valence-corrected chi connectivity index (χ2v) is 6.21. The Morgan fingerprint density at radius 2 is 2.05 bits per heavy atom. The maximum Gasteiger partial charge on any atom is 0.139 e. The lowest BCUT2D eigenvalue weighted by Crippen LogP contribution is -1.99. The Morgan fingerprint density at radius 3 is 2.71 bits per heavy atom. The quantitative estimate of drug-likeness (QED) is 0.521. The van der Waals surface area contributed by atoms with Crippen molar-refractivity contribution in [2.45, 2.75) is 12.8 Å². The van der Waals surface area contributed by atoms with Gasteiger partial charge in [0.1, 0.15) is 11.6 Å². The van der Waals surface area contributed by atoms with Gasteiger partial charge in [0.2, 0.25) is 0 Å². The predicted octanol–water partition coefficient (Wildman–Crippen LogP) is 5.63. The minimum absolute atomic E-state index is 0.222. The number of nitrogens with zero attached hydrogens (tertiary/aromatic N) is 2. The number of aromatic nitrogens is 2. The van der Waals surface area contributed by atoms with Crippen LogP contribution in [0.4, 0.5) is 4.39 Å². The molecule has 0 amide bonds. The van der Waals surface area contributed by atoms with E-state index in [1.54, 1.807) is 6.07 Å². The number of hydrogen-bond donors (Lipinski definition) is 0. The van der Waals surface area contributed by atoms with Crippen molar-refractivity contribution in [2.24, 2.45) is 0 Å². The molecule has 0 atom stereocenters. The average Bonchev–Trinajstić information content (AvgIpc) is 2.80. The summed E-state index contributed by atoms with van der Waals surface area (Å²) in [5.74, 6) is 0.520. The van der Waals surface area contributed by atoms with E-state index in [0.29, 0.717) is 26.4 Å². The fourth-order valence-electron chi connectivity index (χ4n) is 2.22. The summed E-state index contributed by atoms with van der Waals surface area (Å²) in [5.41, 5.74) is 3.12. The predicted molar refractivity (Wildman–Crippen MR) is 88.0 cm³/mol. The molecular weight excluding hydrogens is 378 g/mol. The lowest BCUT2D eigenvalue weighted by Gasteiger charge is -2.09. The molecule has 0 aliphatic rings. The zero-order valence-electron chi connectivity index (χ0n) is 11.0. The Hall–Kier alpha value is -1.10. The van der Waals surface area contributed by atoms with Gasteiger partial charge in [-0.05, 0) is 46.6 Å². The van der Waals surface area contributed by atoms with Crippen molar-refractivity contribution in [3.05, 3.63) is 57.0 Å². The fourth-order valence-corrected chi connectivity index (χ4v) is 2.91. The Morgan fingerprint density at radius 1 is 1.29 bits per heavy atom. The Labute approximate surface area is 139 Å². The van der Waals surface area contributed by atoms with Gasteiger partial charge in [0, 0.05) is 16.8 Å². The monoisotopic (exact) mass is 386 g/mol. The molecule has 0 saturated heterocycles. The highest BCUT2D eigenvalue weighted by Gasteiger charge is 2.15. The highest BCUT2D eigenvalue weighted by Crippen LogP contribution is 2.29. The first-order valence-corrected chi connectivity index (χ1v) is 7.90. The van der Waals surface area contributed by atoms with Crippen molar-refractivity contribution in [3.63, 3.8) is 0 Å². The molecule has 0 aliphatic heterocycles. The molecule has 6 heteroatoms. The minimum Gasteiger partial charge on any atom is -0.295 e. The SMILES string of the molecule is Cc1ccc(-n2c(CCl)nc3cc(Br)c(F)cc32)cc1Cl. The molecule has 3 aromatic rings. The Balaban J connectivity index is 2.34. The van der Waals surface area contributed by atoms with Crippen LogP contribution < -0.4 is 0 Å². The van der Waals surface area contributed by atoms with E-state index in [4.69, 9.17) is 23.2 Å². The topological polar surface area (TPSA) is 17.8 Å². The number of alkyl halides is 1. The van der Waals surface area contributed by atoms with E-state index in [1.165, 1.54) is 6.07 Å². The van der Waals surface area contributed by atoms with E-state index >= 15 is 0 Å². The van der Waals surface area contributed by atoms with Crippen LogP contribution in [0.2, 0.25) is 5.02 Å². The van der Waals surface area contributed by atoms with Crippen LogP contribution in [0.15, 0.2) is 34.8 Å². The van der Waals surface area contributed by atoms with Crippen molar-refractivity contribution in [1.29, 1.82) is 0 Å². The molecule has 0 fully saturated rings. The average molecular weight is 388 g/mol. The molecule has 0 aliphatic carbocycles. The van der Waals surface area contributed by atoms with Crippen LogP contribution in [0.5, 0.6) is 0 Å². The zero-order valence-corrected chi connectivity index (χ0v) is 14.1. The van der Waals surface area contributed by atoms with Crippen molar-refractivity contribution in [2.75, 3.05) is 0 Å². The molecule has 2 aromatic carbocycles. The van der Waals surface area contributed by atoms with E-state index in [9.17, 15) is 4.39 Å². The van der Waals surface area contributed by atoms with Crippen LogP contribution in [0.3, 0.4) is 0 Å². The summed E-state index contributed by atoms with van der Waals surface area (Å²) in [6.07, 6.45) is 0. The first-order chi connectivity index (χ1) is 10.0. The van der Waals surface area contributed by atoms with E-state index in [-0.39, 0.29) is 11.7 Å². The largest absolute Gasteiger partial charge is 0.295 e. The van der Waals surface area contributed by atoms with Gasteiger partial charge >= 0.3 is 0 Å². The van der Waals surface area contributed by atoms with Gasteiger partial charge in [0.15, 0.2) is 0 Å². The van der Waals surface area contributed by atoms with Gasteiger partial charge in [0.05, 0.1) is 21.4 Å². The molecule has 0 spiro atoms. The summed E-state index contributed by atoms with van der Waals surface area (Å²) in [4.78, 5) is 4.45. The van der Waals surface area contributed by atoms with Crippen molar-refractivity contribution in [1.82, 2.24) is 9.55 Å². The number of hydrogen-bond acceptors (Lipinski definition) is 1. The van der Waals surface area contributed by atoms with E-state index in [1.807, 2.05) is 29.7 Å². The number of fused-ring (bicyclic) bond motifs is 1. The van der Waals surface area contributed by atoms with Crippen LogP contribution in [0.1, 0.15) is 11.4 Å². The molecule has 0 bridgehead atoms. The lowest BCUT2D eigenvalue weighted by molar-refractivity contribution is 0.622. The third-order valence-corrected chi connectivity index (χ3v) is 4.55. The summed E-state index contributed by atoms with van der Waals surface area (Å²) < 4.78 is 16.1. The number of halogens is 4. The first-order valence-electron chi connectivity index (χ1n) is 6.20. The highest BCUT2D eigenvalue weighted by atomic mass is 79.9. The smallest absolute Gasteiger partial charge is 0.139 e. The van der Waals surface area contributed by atoms with Crippen LogP contribution in [-0.2, 0) is 5.88 Å². The molecule has 0 N–H and O–H groups in total. The molecule has 0 saturated carbocycles. The van der Waals surface area contributed by atoms with Crippen molar-refractivity contribution >= 4 is 50.2 Å². The molecule has 1 heterocycles. The van der Waals surface area contributed by atoms with Crippen LogP contribution in [0.25, 0.3) is 16.7 Å². The minimum atomic E-state index is -0.344. The molecule has 0 radical (unpaired) electrons. The summed E-state index contributed by atoms with van der Waals surface area (Å²) in [6, 6.07) is 8.74. The van der Waals surface area contributed by atoms with Crippen LogP contribution in [-0.4, -0.2) is 9.55 Å². The maximum absolute atomic E-state index is 13.9. The van der Waals surface area contributed by atoms with Crippen molar-refractivity contribution < 1.29 is 4.39 Å². The van der Waals surface area contributed by atoms with E-state index in [0.717, 1.165) is 11.3 Å². The second-order valence-electron chi connectivity index (χ2n) is 4.69. The second kappa shape index (κ2) is 5.59. The van der Waals surface area contributed by atoms with Gasteiger partial charge in [-0.2, -0.15) is 0 Å². The molecule has 3 rings (SSSR count). The number of rotatable bonds is 2. The summed E-state index contributed by atoms with van der Waals surface area (Å²) in [7, 11) is 0. The number of aryl methyl sites for hydroxylation is 1.